The lowest BCUT2D eigenvalue weighted by Gasteiger charge is -2.13. The SMILES string of the molecule is C/C=C(C#N)\C=C(/CC)Cc1ccc(CNc2ccc(C(C)=O)c(O)c2C)cc1. The number of nitrogens with one attached hydrogen (secondary N) is 1. The fourth-order valence-corrected chi connectivity index (χ4v) is 3.09. The molecule has 29 heavy (non-hydrogen) atoms. The van der Waals surface area contributed by atoms with Crippen molar-refractivity contribution in [1.29, 1.82) is 5.26 Å². The van der Waals surface area contributed by atoms with Crippen LogP contribution in [0.5, 0.6) is 5.75 Å². The average molecular weight is 389 g/mol. The largest absolute Gasteiger partial charge is 0.507 e. The average Bonchev–Trinajstić information content (AvgIpc) is 2.72. The Morgan fingerprint density at radius 2 is 1.83 bits per heavy atom. The number of phenols is 1. The highest BCUT2D eigenvalue weighted by atomic mass is 16.3. The van der Waals surface area contributed by atoms with E-state index in [0.29, 0.717) is 23.2 Å². The molecule has 0 aliphatic heterocycles. The maximum Gasteiger partial charge on any atom is 0.163 e. The summed E-state index contributed by atoms with van der Waals surface area (Å²) in [4.78, 5) is 11.5. The highest BCUT2D eigenvalue weighted by Gasteiger charge is 2.12. The molecule has 0 spiro atoms. The van der Waals surface area contributed by atoms with Crippen LogP contribution in [0.1, 0.15) is 54.2 Å². The summed E-state index contributed by atoms with van der Waals surface area (Å²) in [5, 5.41) is 22.6. The van der Waals surface area contributed by atoms with E-state index in [2.05, 4.69) is 42.6 Å². The predicted molar refractivity (Wildman–Crippen MR) is 118 cm³/mol. The van der Waals surface area contributed by atoms with E-state index in [1.165, 1.54) is 18.1 Å². The first kappa shape index (κ1) is 22.0. The van der Waals surface area contributed by atoms with Crippen LogP contribution in [-0.2, 0) is 13.0 Å². The molecule has 2 N–H and O–H groups in total. The quantitative estimate of drug-likeness (QED) is 0.337. The Morgan fingerprint density at radius 3 is 2.38 bits per heavy atom. The van der Waals surface area contributed by atoms with Crippen LogP contribution in [0.4, 0.5) is 5.69 Å². The van der Waals surface area contributed by atoms with Crippen LogP contribution in [0.15, 0.2) is 59.7 Å². The molecule has 0 unspecified atom stereocenters. The van der Waals surface area contributed by atoms with E-state index in [1.54, 1.807) is 13.0 Å². The number of hydrogen-bond acceptors (Lipinski definition) is 4. The smallest absolute Gasteiger partial charge is 0.163 e. The standard InChI is InChI=1S/C25H28N2O2/c1-5-19(13-20(6-2)15-26)14-21-7-9-22(10-8-21)16-27-24-12-11-23(18(4)28)25(29)17(24)3/h6-13,27,29H,5,14,16H2,1-4H3/b19-13+,20-6+. The number of aromatic hydroxyl groups is 1. The number of anilines is 1. The van der Waals surface area contributed by atoms with Crippen molar-refractivity contribution in [2.45, 2.75) is 47.1 Å². The number of ketones is 1. The van der Waals surface area contributed by atoms with Gasteiger partial charge in [0.1, 0.15) is 5.75 Å². The molecule has 0 aliphatic rings. The van der Waals surface area contributed by atoms with Gasteiger partial charge in [0, 0.05) is 23.4 Å². The Balaban J connectivity index is 2.06. The van der Waals surface area contributed by atoms with E-state index in [4.69, 9.17) is 5.26 Å². The molecule has 2 aromatic carbocycles. The molecule has 0 heterocycles. The number of allylic oxidation sites excluding steroid dienone is 4. The zero-order valence-corrected chi connectivity index (χ0v) is 17.5. The van der Waals surface area contributed by atoms with E-state index in [-0.39, 0.29) is 11.5 Å². The molecule has 0 aromatic heterocycles. The molecule has 0 saturated heterocycles. The Labute approximate surface area is 173 Å². The first-order chi connectivity index (χ1) is 13.9. The highest BCUT2D eigenvalue weighted by Crippen LogP contribution is 2.29. The number of carbonyl (C=O) groups is 1. The molecule has 4 heteroatoms. The molecule has 0 aliphatic carbocycles. The number of nitriles is 1. The minimum Gasteiger partial charge on any atom is -0.507 e. The Bertz CT molecular complexity index is 977. The van der Waals surface area contributed by atoms with Gasteiger partial charge in [-0.2, -0.15) is 5.26 Å². The van der Waals surface area contributed by atoms with Crippen molar-refractivity contribution in [2.75, 3.05) is 5.32 Å². The lowest BCUT2D eigenvalue weighted by atomic mass is 9.99. The number of rotatable bonds is 8. The van der Waals surface area contributed by atoms with Gasteiger partial charge in [0.25, 0.3) is 0 Å². The van der Waals surface area contributed by atoms with Gasteiger partial charge in [-0.1, -0.05) is 42.8 Å². The van der Waals surface area contributed by atoms with Crippen molar-refractivity contribution >= 4 is 11.5 Å². The fourth-order valence-electron chi connectivity index (χ4n) is 3.09. The normalized spacial score (nSPS) is 11.8. The van der Waals surface area contributed by atoms with Gasteiger partial charge in [-0.15, -0.1) is 0 Å². The molecule has 2 rings (SSSR count). The van der Waals surface area contributed by atoms with Crippen LogP contribution in [0, 0.1) is 18.3 Å². The summed E-state index contributed by atoms with van der Waals surface area (Å²) in [6.07, 6.45) is 5.52. The summed E-state index contributed by atoms with van der Waals surface area (Å²) in [6, 6.07) is 14.0. The van der Waals surface area contributed by atoms with Crippen LogP contribution >= 0.6 is 0 Å². The van der Waals surface area contributed by atoms with Gasteiger partial charge in [-0.25, -0.2) is 0 Å². The van der Waals surface area contributed by atoms with E-state index >= 15 is 0 Å². The summed E-state index contributed by atoms with van der Waals surface area (Å²) in [6.45, 7) is 7.84. The Kier molecular flexibility index (Phi) is 7.79. The maximum absolute atomic E-state index is 11.5. The number of hydrogen-bond donors (Lipinski definition) is 2. The molecule has 2 aromatic rings. The summed E-state index contributed by atoms with van der Waals surface area (Å²) in [5.74, 6) is -0.112. The number of Topliss-reactive ketones (excluding diaryl/α,β-unsaturated/α-hetero) is 1. The molecule has 0 saturated carbocycles. The van der Waals surface area contributed by atoms with Gasteiger partial charge in [0.15, 0.2) is 5.78 Å². The fraction of sp³-hybridized carbons (Fsp3) is 0.280. The van der Waals surface area contributed by atoms with Crippen molar-refractivity contribution in [3.05, 3.63) is 82.0 Å². The molecule has 0 bridgehead atoms. The number of benzene rings is 2. The van der Waals surface area contributed by atoms with Crippen LogP contribution in [0.3, 0.4) is 0 Å². The highest BCUT2D eigenvalue weighted by molar-refractivity contribution is 5.97. The number of phenolic OH excluding ortho intramolecular Hbond substituents is 1. The topological polar surface area (TPSA) is 73.1 Å². The lowest BCUT2D eigenvalue weighted by molar-refractivity contribution is 0.101. The molecule has 4 nitrogen and oxygen atoms in total. The molecule has 0 atom stereocenters. The minimum absolute atomic E-state index is 0.0367. The predicted octanol–water partition coefficient (Wildman–Crippen LogP) is 5.86. The van der Waals surface area contributed by atoms with Gasteiger partial charge < -0.3 is 10.4 Å². The summed E-state index contributed by atoms with van der Waals surface area (Å²) in [7, 11) is 0. The second-order valence-corrected chi connectivity index (χ2v) is 7.05. The van der Waals surface area contributed by atoms with E-state index < -0.39 is 0 Å². The molecular formula is C25H28N2O2. The summed E-state index contributed by atoms with van der Waals surface area (Å²) < 4.78 is 0. The first-order valence-corrected chi connectivity index (χ1v) is 9.80. The van der Waals surface area contributed by atoms with E-state index in [1.807, 2.05) is 25.1 Å². The summed E-state index contributed by atoms with van der Waals surface area (Å²) in [5.41, 5.74) is 6.06. The van der Waals surface area contributed by atoms with Crippen LogP contribution in [0.25, 0.3) is 0 Å². The van der Waals surface area contributed by atoms with Gasteiger partial charge in [-0.3, -0.25) is 4.79 Å². The molecule has 150 valence electrons. The summed E-state index contributed by atoms with van der Waals surface area (Å²) >= 11 is 0. The Hall–Kier alpha value is -3.32. The number of nitrogens with zero attached hydrogens (tertiary/aromatic N) is 1. The third-order valence-corrected chi connectivity index (χ3v) is 5.00. The molecule has 0 radical (unpaired) electrons. The third-order valence-electron chi connectivity index (χ3n) is 5.00. The maximum atomic E-state index is 11.5. The molecular weight excluding hydrogens is 360 g/mol. The van der Waals surface area contributed by atoms with Crippen molar-refractivity contribution in [2.24, 2.45) is 0 Å². The molecule has 0 amide bonds. The van der Waals surface area contributed by atoms with Gasteiger partial charge >= 0.3 is 0 Å². The van der Waals surface area contributed by atoms with Crippen LogP contribution in [-0.4, -0.2) is 10.9 Å². The zero-order valence-electron chi connectivity index (χ0n) is 17.5. The van der Waals surface area contributed by atoms with Crippen molar-refractivity contribution in [1.82, 2.24) is 0 Å². The minimum atomic E-state index is -0.149. The van der Waals surface area contributed by atoms with E-state index in [9.17, 15) is 9.90 Å². The monoisotopic (exact) mass is 388 g/mol. The molecule has 0 fully saturated rings. The second-order valence-electron chi connectivity index (χ2n) is 7.05. The van der Waals surface area contributed by atoms with Crippen molar-refractivity contribution in [3.63, 3.8) is 0 Å². The van der Waals surface area contributed by atoms with E-state index in [0.717, 1.165) is 24.1 Å². The number of carbonyl (C=O) groups excluding carboxylic acids is 1. The van der Waals surface area contributed by atoms with Gasteiger partial charge in [-0.05, 0) is 62.9 Å². The lowest BCUT2D eigenvalue weighted by Crippen LogP contribution is -2.03. The van der Waals surface area contributed by atoms with Crippen molar-refractivity contribution < 1.29 is 9.90 Å². The van der Waals surface area contributed by atoms with Crippen LogP contribution < -0.4 is 5.32 Å². The second kappa shape index (κ2) is 10.3. The zero-order chi connectivity index (χ0) is 21.4. The first-order valence-electron chi connectivity index (χ1n) is 9.80. The van der Waals surface area contributed by atoms with Gasteiger partial charge in [0.05, 0.1) is 11.6 Å². The van der Waals surface area contributed by atoms with Crippen molar-refractivity contribution in [3.8, 4) is 11.8 Å². The Morgan fingerprint density at radius 1 is 1.17 bits per heavy atom. The van der Waals surface area contributed by atoms with Crippen LogP contribution in [0.2, 0.25) is 0 Å². The third kappa shape index (κ3) is 5.83. The van der Waals surface area contributed by atoms with Gasteiger partial charge in [0.2, 0.25) is 0 Å².